The molecule has 0 unspecified atom stereocenters. The maximum atomic E-state index is 13.2. The van der Waals surface area contributed by atoms with Crippen molar-refractivity contribution in [3.05, 3.63) is 76.8 Å². The van der Waals surface area contributed by atoms with Gasteiger partial charge in [-0.05, 0) is 29.3 Å². The maximum Gasteiger partial charge on any atom is 0.123 e. The van der Waals surface area contributed by atoms with Gasteiger partial charge in [0, 0.05) is 16.2 Å². The maximum absolute atomic E-state index is 13.2. The molecule has 0 N–H and O–H groups in total. The molecule has 1 heterocycles. The van der Waals surface area contributed by atoms with Gasteiger partial charge in [0.2, 0.25) is 0 Å². The van der Waals surface area contributed by atoms with Crippen molar-refractivity contribution in [2.24, 2.45) is 0 Å². The molecule has 0 fully saturated rings. The number of rotatable bonds is 3. The number of nitrogens with zero attached hydrogens (tertiary/aromatic N) is 2. The Morgan fingerprint density at radius 3 is 2.70 bits per heavy atom. The van der Waals surface area contributed by atoms with E-state index in [-0.39, 0.29) is 5.82 Å². The summed E-state index contributed by atoms with van der Waals surface area (Å²) in [5, 5.41) is 4.33. The van der Waals surface area contributed by atoms with Crippen molar-refractivity contribution in [1.82, 2.24) is 9.78 Å². The fourth-order valence-corrected chi connectivity index (χ4v) is 2.48. The fourth-order valence-electron chi connectivity index (χ4n) is 2.07. The molecule has 3 rings (SSSR count). The Hall–Kier alpha value is -1.94. The molecule has 0 saturated carbocycles. The zero-order valence-electron chi connectivity index (χ0n) is 10.6. The second-order valence-corrected chi connectivity index (χ2v) is 5.38. The van der Waals surface area contributed by atoms with Crippen LogP contribution in [0.3, 0.4) is 0 Å². The molecule has 20 heavy (non-hydrogen) atoms. The van der Waals surface area contributed by atoms with Gasteiger partial charge in [-0.1, -0.05) is 46.3 Å². The minimum absolute atomic E-state index is 0.235. The van der Waals surface area contributed by atoms with E-state index in [2.05, 4.69) is 21.0 Å². The van der Waals surface area contributed by atoms with Gasteiger partial charge < -0.3 is 0 Å². The van der Waals surface area contributed by atoms with E-state index in [9.17, 15) is 4.39 Å². The first-order chi connectivity index (χ1) is 9.72. The lowest BCUT2D eigenvalue weighted by atomic mass is 10.1. The van der Waals surface area contributed by atoms with Gasteiger partial charge in [0.1, 0.15) is 5.82 Å². The molecule has 0 radical (unpaired) electrons. The van der Waals surface area contributed by atoms with Crippen molar-refractivity contribution in [2.45, 2.75) is 6.54 Å². The number of halogens is 2. The second kappa shape index (κ2) is 5.59. The summed E-state index contributed by atoms with van der Waals surface area (Å²) in [6.07, 6.45) is 3.68. The van der Waals surface area contributed by atoms with E-state index in [0.29, 0.717) is 6.54 Å². The van der Waals surface area contributed by atoms with Crippen molar-refractivity contribution < 1.29 is 4.39 Å². The molecule has 2 aromatic carbocycles. The summed E-state index contributed by atoms with van der Waals surface area (Å²) >= 11 is 3.52. The highest BCUT2D eigenvalue weighted by atomic mass is 79.9. The molecule has 4 heteroatoms. The second-order valence-electron chi connectivity index (χ2n) is 4.53. The number of aromatic nitrogens is 2. The molecule has 2 nitrogen and oxygen atoms in total. The van der Waals surface area contributed by atoms with Crippen LogP contribution in [0, 0.1) is 5.82 Å². The molecule has 0 aliphatic heterocycles. The Bertz CT molecular complexity index is 737. The SMILES string of the molecule is Fc1cccc(-c2cnn(Cc3ccccc3Br)c2)c1. The molecule has 0 atom stereocenters. The average molecular weight is 331 g/mol. The number of benzene rings is 2. The molecule has 0 saturated heterocycles. The normalized spacial score (nSPS) is 10.7. The monoisotopic (exact) mass is 330 g/mol. The summed E-state index contributed by atoms with van der Waals surface area (Å²) in [7, 11) is 0. The fraction of sp³-hybridized carbons (Fsp3) is 0.0625. The third-order valence-corrected chi connectivity index (χ3v) is 3.85. The van der Waals surface area contributed by atoms with Crippen molar-refractivity contribution in [2.75, 3.05) is 0 Å². The summed E-state index contributed by atoms with van der Waals surface area (Å²) in [4.78, 5) is 0. The Morgan fingerprint density at radius 1 is 1.05 bits per heavy atom. The minimum Gasteiger partial charge on any atom is -0.268 e. The van der Waals surface area contributed by atoms with E-state index in [4.69, 9.17) is 0 Å². The van der Waals surface area contributed by atoms with Crippen molar-refractivity contribution >= 4 is 15.9 Å². The summed E-state index contributed by atoms with van der Waals surface area (Å²) < 4.78 is 16.1. The van der Waals surface area contributed by atoms with Gasteiger partial charge in [-0.2, -0.15) is 5.10 Å². The van der Waals surface area contributed by atoms with Crippen LogP contribution in [0.4, 0.5) is 4.39 Å². The first-order valence-corrected chi connectivity index (χ1v) is 7.03. The molecule has 0 spiro atoms. The van der Waals surface area contributed by atoms with Gasteiger partial charge in [0.25, 0.3) is 0 Å². The van der Waals surface area contributed by atoms with Crippen molar-refractivity contribution in [3.8, 4) is 11.1 Å². The summed E-state index contributed by atoms with van der Waals surface area (Å²) in [6, 6.07) is 14.6. The van der Waals surface area contributed by atoms with Gasteiger partial charge in [0.05, 0.1) is 12.7 Å². The first kappa shape index (κ1) is 13.1. The topological polar surface area (TPSA) is 17.8 Å². The Morgan fingerprint density at radius 2 is 1.90 bits per heavy atom. The number of hydrogen-bond donors (Lipinski definition) is 0. The highest BCUT2D eigenvalue weighted by molar-refractivity contribution is 9.10. The number of hydrogen-bond acceptors (Lipinski definition) is 1. The summed E-state index contributed by atoms with van der Waals surface area (Å²) in [5.41, 5.74) is 2.90. The first-order valence-electron chi connectivity index (χ1n) is 6.24. The standard InChI is InChI=1S/C16H12BrFN2/c17-16-7-2-1-4-13(16)10-20-11-14(9-19-20)12-5-3-6-15(18)8-12/h1-9,11H,10H2. The third-order valence-electron chi connectivity index (χ3n) is 3.08. The molecule has 0 amide bonds. The van der Waals surface area contributed by atoms with Gasteiger partial charge in [0.15, 0.2) is 0 Å². The molecular formula is C16H12BrFN2. The Kier molecular flexibility index (Phi) is 3.65. The van der Waals surface area contributed by atoms with Gasteiger partial charge in [-0.3, -0.25) is 4.68 Å². The lowest BCUT2D eigenvalue weighted by Gasteiger charge is -2.04. The van der Waals surface area contributed by atoms with Crippen LogP contribution >= 0.6 is 15.9 Å². The summed E-state index contributed by atoms with van der Waals surface area (Å²) in [5.74, 6) is -0.235. The predicted molar refractivity (Wildman–Crippen MR) is 80.9 cm³/mol. The van der Waals surface area contributed by atoms with E-state index in [1.807, 2.05) is 41.2 Å². The largest absolute Gasteiger partial charge is 0.268 e. The smallest absolute Gasteiger partial charge is 0.123 e. The van der Waals surface area contributed by atoms with Crippen molar-refractivity contribution in [1.29, 1.82) is 0 Å². The van der Waals surface area contributed by atoms with Gasteiger partial charge in [-0.25, -0.2) is 4.39 Å². The average Bonchev–Trinajstić information content (AvgIpc) is 2.90. The van der Waals surface area contributed by atoms with Crippen LogP contribution in [0.25, 0.3) is 11.1 Å². The minimum atomic E-state index is -0.235. The quantitative estimate of drug-likeness (QED) is 0.691. The van der Waals surface area contributed by atoms with Gasteiger partial charge in [-0.15, -0.1) is 0 Å². The van der Waals surface area contributed by atoms with E-state index in [1.54, 1.807) is 12.3 Å². The lowest BCUT2D eigenvalue weighted by molar-refractivity contribution is 0.628. The van der Waals surface area contributed by atoms with Crippen LogP contribution in [0.5, 0.6) is 0 Å². The Labute approximate surface area is 125 Å². The zero-order valence-corrected chi connectivity index (χ0v) is 12.2. The van der Waals surface area contributed by atoms with E-state index in [1.165, 1.54) is 12.1 Å². The van der Waals surface area contributed by atoms with Crippen LogP contribution in [-0.4, -0.2) is 9.78 Å². The van der Waals surface area contributed by atoms with Gasteiger partial charge >= 0.3 is 0 Å². The summed E-state index contributed by atoms with van der Waals surface area (Å²) in [6.45, 7) is 0.677. The van der Waals surface area contributed by atoms with Crippen LogP contribution in [0.15, 0.2) is 65.4 Å². The molecule has 0 aliphatic carbocycles. The molecule has 3 aromatic rings. The third kappa shape index (κ3) is 2.80. The van der Waals surface area contributed by atoms with E-state index in [0.717, 1.165) is 21.2 Å². The zero-order chi connectivity index (χ0) is 13.9. The molecular weight excluding hydrogens is 319 g/mol. The van der Waals surface area contributed by atoms with Crippen LogP contribution in [-0.2, 0) is 6.54 Å². The highest BCUT2D eigenvalue weighted by Gasteiger charge is 2.05. The molecule has 100 valence electrons. The molecule has 0 aliphatic rings. The highest BCUT2D eigenvalue weighted by Crippen LogP contribution is 2.21. The Balaban J connectivity index is 1.86. The van der Waals surface area contributed by atoms with Crippen molar-refractivity contribution in [3.63, 3.8) is 0 Å². The molecule has 1 aromatic heterocycles. The van der Waals surface area contributed by atoms with Crippen LogP contribution in [0.2, 0.25) is 0 Å². The van der Waals surface area contributed by atoms with Crippen LogP contribution < -0.4 is 0 Å². The van der Waals surface area contributed by atoms with Crippen LogP contribution in [0.1, 0.15) is 5.56 Å². The van der Waals surface area contributed by atoms with E-state index >= 15 is 0 Å². The lowest BCUT2D eigenvalue weighted by Crippen LogP contribution is -2.00. The molecule has 0 bridgehead atoms. The predicted octanol–water partition coefficient (Wildman–Crippen LogP) is 4.50. The van der Waals surface area contributed by atoms with E-state index < -0.39 is 0 Å².